The van der Waals surface area contributed by atoms with Crippen LogP contribution in [-0.2, 0) is 0 Å². The highest BCUT2D eigenvalue weighted by Gasteiger charge is 2.44. The lowest BCUT2D eigenvalue weighted by atomic mass is 9.75. The molecule has 4 heteroatoms. The van der Waals surface area contributed by atoms with Crippen molar-refractivity contribution in [3.8, 4) is 12.3 Å². The molecule has 1 saturated heterocycles. The Morgan fingerprint density at radius 3 is 2.50 bits per heavy atom. The van der Waals surface area contributed by atoms with Gasteiger partial charge in [0.1, 0.15) is 5.60 Å². The number of carbonyl (C=O) groups is 1. The normalized spacial score (nSPS) is 30.9. The first-order valence-corrected chi connectivity index (χ1v) is 5.39. The van der Waals surface area contributed by atoms with E-state index in [2.05, 4.69) is 5.92 Å². The van der Waals surface area contributed by atoms with Crippen LogP contribution in [0.2, 0.25) is 0 Å². The molecule has 1 rings (SSSR count). The van der Waals surface area contributed by atoms with Gasteiger partial charge < -0.3 is 15.1 Å². The van der Waals surface area contributed by atoms with Crippen LogP contribution in [0.5, 0.6) is 0 Å². The average molecular weight is 225 g/mol. The minimum atomic E-state index is -1.16. The molecule has 1 aliphatic rings. The summed E-state index contributed by atoms with van der Waals surface area (Å²) >= 11 is 0. The van der Waals surface area contributed by atoms with E-state index in [0.29, 0.717) is 12.8 Å². The third-order valence-corrected chi connectivity index (χ3v) is 3.19. The van der Waals surface area contributed by atoms with E-state index in [1.807, 2.05) is 20.8 Å². The maximum absolute atomic E-state index is 11.1. The Bertz CT molecular complexity index is 326. The summed E-state index contributed by atoms with van der Waals surface area (Å²) in [6.07, 6.45) is 4.97. The molecule has 16 heavy (non-hydrogen) atoms. The third kappa shape index (κ3) is 2.48. The Balaban J connectivity index is 2.96. The van der Waals surface area contributed by atoms with Gasteiger partial charge >= 0.3 is 6.09 Å². The predicted octanol–water partition coefficient (Wildman–Crippen LogP) is 1.54. The number of terminal acetylenes is 1. The summed E-state index contributed by atoms with van der Waals surface area (Å²) in [5, 5.41) is 19.2. The maximum Gasteiger partial charge on any atom is 0.407 e. The lowest BCUT2D eigenvalue weighted by Crippen LogP contribution is -2.56. The van der Waals surface area contributed by atoms with Crippen LogP contribution < -0.4 is 0 Å². The van der Waals surface area contributed by atoms with Gasteiger partial charge in [0.15, 0.2) is 0 Å². The van der Waals surface area contributed by atoms with E-state index in [9.17, 15) is 9.90 Å². The summed E-state index contributed by atoms with van der Waals surface area (Å²) in [4.78, 5) is 12.5. The van der Waals surface area contributed by atoms with E-state index in [1.165, 1.54) is 4.90 Å². The first kappa shape index (κ1) is 12.9. The van der Waals surface area contributed by atoms with Gasteiger partial charge in [-0.3, -0.25) is 0 Å². The molecular formula is C12H19NO3. The van der Waals surface area contributed by atoms with E-state index in [-0.39, 0.29) is 18.0 Å². The summed E-state index contributed by atoms with van der Waals surface area (Å²) in [5.74, 6) is 2.38. The molecule has 4 nitrogen and oxygen atoms in total. The number of piperidine rings is 1. The summed E-state index contributed by atoms with van der Waals surface area (Å²) < 4.78 is 0. The quantitative estimate of drug-likeness (QED) is 0.615. The number of hydrogen-bond donors (Lipinski definition) is 2. The zero-order valence-corrected chi connectivity index (χ0v) is 10.0. The molecule has 0 aromatic heterocycles. The molecule has 0 aromatic rings. The molecule has 2 N–H and O–H groups in total. The Morgan fingerprint density at radius 1 is 1.56 bits per heavy atom. The Morgan fingerprint density at radius 2 is 2.12 bits per heavy atom. The number of nitrogens with zero attached hydrogens (tertiary/aromatic N) is 1. The molecule has 2 unspecified atom stereocenters. The monoisotopic (exact) mass is 225 g/mol. The Labute approximate surface area is 96.3 Å². The second-order valence-electron chi connectivity index (χ2n) is 5.49. The zero-order valence-electron chi connectivity index (χ0n) is 10.0. The van der Waals surface area contributed by atoms with Crippen molar-refractivity contribution in [3.05, 3.63) is 0 Å². The number of aliphatic hydroxyl groups is 1. The van der Waals surface area contributed by atoms with Crippen molar-refractivity contribution < 1.29 is 15.0 Å². The molecule has 1 heterocycles. The van der Waals surface area contributed by atoms with Gasteiger partial charge in [0.25, 0.3) is 0 Å². The van der Waals surface area contributed by atoms with Crippen LogP contribution >= 0.6 is 0 Å². The van der Waals surface area contributed by atoms with Crippen molar-refractivity contribution in [3.63, 3.8) is 0 Å². The average Bonchev–Trinajstić information content (AvgIpc) is 2.16. The summed E-state index contributed by atoms with van der Waals surface area (Å²) in [6.45, 7) is 6.15. The molecule has 0 spiro atoms. The van der Waals surface area contributed by atoms with Crippen LogP contribution in [0.25, 0.3) is 0 Å². The Kier molecular flexibility index (Phi) is 3.20. The van der Waals surface area contributed by atoms with Gasteiger partial charge in [-0.1, -0.05) is 26.7 Å². The van der Waals surface area contributed by atoms with Crippen LogP contribution in [-0.4, -0.2) is 39.4 Å². The Hall–Kier alpha value is -1.21. The van der Waals surface area contributed by atoms with Crippen molar-refractivity contribution in [2.75, 3.05) is 6.54 Å². The van der Waals surface area contributed by atoms with Crippen LogP contribution in [0.3, 0.4) is 0 Å². The van der Waals surface area contributed by atoms with Gasteiger partial charge in [0.2, 0.25) is 0 Å². The first-order valence-electron chi connectivity index (χ1n) is 5.39. The highest BCUT2D eigenvalue weighted by molar-refractivity contribution is 5.66. The van der Waals surface area contributed by atoms with Gasteiger partial charge in [-0.05, 0) is 5.41 Å². The highest BCUT2D eigenvalue weighted by atomic mass is 16.4. The number of hydrogen-bond acceptors (Lipinski definition) is 2. The largest absolute Gasteiger partial charge is 0.465 e. The molecule has 1 amide bonds. The molecule has 0 saturated carbocycles. The highest BCUT2D eigenvalue weighted by Crippen LogP contribution is 2.36. The van der Waals surface area contributed by atoms with Crippen LogP contribution in [0.1, 0.15) is 33.6 Å². The summed E-state index contributed by atoms with van der Waals surface area (Å²) in [6, 6.07) is -0.250. The van der Waals surface area contributed by atoms with Crippen molar-refractivity contribution >= 4 is 6.09 Å². The molecular weight excluding hydrogens is 206 g/mol. The van der Waals surface area contributed by atoms with Crippen molar-refractivity contribution in [1.82, 2.24) is 4.90 Å². The minimum absolute atomic E-state index is 0.232. The molecule has 0 radical (unpaired) electrons. The molecule has 0 aromatic carbocycles. The number of amides is 1. The number of carboxylic acid groups (broad SMARTS) is 1. The number of likely N-dealkylation sites (tertiary alicyclic amines) is 1. The topological polar surface area (TPSA) is 60.8 Å². The van der Waals surface area contributed by atoms with Crippen LogP contribution in [0, 0.1) is 17.8 Å². The smallest absolute Gasteiger partial charge is 0.407 e. The van der Waals surface area contributed by atoms with Crippen molar-refractivity contribution in [2.24, 2.45) is 5.41 Å². The fourth-order valence-corrected chi connectivity index (χ4v) is 2.13. The molecule has 90 valence electrons. The molecule has 0 bridgehead atoms. The fourth-order valence-electron chi connectivity index (χ4n) is 2.13. The second-order valence-corrected chi connectivity index (χ2v) is 5.49. The van der Waals surface area contributed by atoms with Crippen molar-refractivity contribution in [2.45, 2.75) is 45.3 Å². The van der Waals surface area contributed by atoms with E-state index >= 15 is 0 Å². The summed E-state index contributed by atoms with van der Waals surface area (Å²) in [5.41, 5.74) is -1.40. The minimum Gasteiger partial charge on any atom is -0.465 e. The van der Waals surface area contributed by atoms with Gasteiger partial charge in [-0.15, -0.1) is 6.42 Å². The van der Waals surface area contributed by atoms with Gasteiger partial charge in [-0.2, -0.15) is 0 Å². The second kappa shape index (κ2) is 3.99. The zero-order chi connectivity index (χ0) is 12.6. The lowest BCUT2D eigenvalue weighted by Gasteiger charge is -2.46. The fraction of sp³-hybridized carbons (Fsp3) is 0.750. The van der Waals surface area contributed by atoms with Gasteiger partial charge in [0, 0.05) is 25.4 Å². The van der Waals surface area contributed by atoms with E-state index in [4.69, 9.17) is 11.5 Å². The van der Waals surface area contributed by atoms with E-state index in [0.717, 1.165) is 0 Å². The van der Waals surface area contributed by atoms with Gasteiger partial charge in [0.05, 0.1) is 0 Å². The number of rotatable bonds is 0. The van der Waals surface area contributed by atoms with Crippen molar-refractivity contribution in [1.29, 1.82) is 0 Å². The summed E-state index contributed by atoms with van der Waals surface area (Å²) in [7, 11) is 0. The van der Waals surface area contributed by atoms with Crippen LogP contribution in [0.4, 0.5) is 4.79 Å². The maximum atomic E-state index is 11.1. The standard InChI is InChI=1S/C12H19NO3/c1-5-12(16)6-7-13(10(14)15)9(8-12)11(2,3)4/h1,9,16H,6-8H2,2-4H3,(H,14,15). The molecule has 2 atom stereocenters. The molecule has 1 aliphatic heterocycles. The van der Waals surface area contributed by atoms with Crippen LogP contribution in [0.15, 0.2) is 0 Å². The predicted molar refractivity (Wildman–Crippen MR) is 61.0 cm³/mol. The lowest BCUT2D eigenvalue weighted by molar-refractivity contribution is -0.0301. The van der Waals surface area contributed by atoms with E-state index in [1.54, 1.807) is 0 Å². The SMILES string of the molecule is C#CC1(O)CCN(C(=O)O)C(C(C)(C)C)C1. The molecule has 0 aliphatic carbocycles. The van der Waals surface area contributed by atoms with E-state index < -0.39 is 11.7 Å². The first-order chi connectivity index (χ1) is 7.19. The third-order valence-electron chi connectivity index (χ3n) is 3.19. The van der Waals surface area contributed by atoms with Gasteiger partial charge in [-0.25, -0.2) is 4.79 Å². The molecule has 1 fully saturated rings.